The Morgan fingerprint density at radius 3 is 2.56 bits per heavy atom. The molecule has 2 aliphatic rings. The van der Waals surface area contributed by atoms with E-state index in [2.05, 4.69) is 51.3 Å². The highest BCUT2D eigenvalue weighted by Crippen LogP contribution is 2.24. The number of hydrogen-bond acceptors (Lipinski definition) is 7. The Kier molecular flexibility index (Phi) is 8.64. The molecule has 0 spiro atoms. The van der Waals surface area contributed by atoms with Crippen LogP contribution >= 0.6 is 11.3 Å². The monoisotopic (exact) mass is 457 g/mol. The summed E-state index contributed by atoms with van der Waals surface area (Å²) in [4.78, 5) is 24.2. The first-order chi connectivity index (χ1) is 15.7. The number of carbonyl (C=O) groups excluding carboxylic acids is 1. The molecule has 8 heteroatoms. The van der Waals surface area contributed by atoms with E-state index in [1.165, 1.54) is 5.56 Å². The van der Waals surface area contributed by atoms with E-state index in [1.54, 1.807) is 11.3 Å². The molecular weight excluding hydrogens is 422 g/mol. The second kappa shape index (κ2) is 11.9. The van der Waals surface area contributed by atoms with Crippen LogP contribution in [0.1, 0.15) is 17.7 Å². The summed E-state index contributed by atoms with van der Waals surface area (Å²) in [7, 11) is 2.19. The summed E-state index contributed by atoms with van der Waals surface area (Å²) in [5, 5.41) is 6.01. The third-order valence-corrected chi connectivity index (χ3v) is 7.11. The van der Waals surface area contributed by atoms with E-state index in [9.17, 15) is 4.79 Å². The van der Waals surface area contributed by atoms with E-state index in [4.69, 9.17) is 9.72 Å². The lowest BCUT2D eigenvalue weighted by Crippen LogP contribution is -2.43. The molecule has 0 saturated carbocycles. The van der Waals surface area contributed by atoms with Gasteiger partial charge in [-0.25, -0.2) is 4.98 Å². The highest BCUT2D eigenvalue weighted by Gasteiger charge is 2.14. The van der Waals surface area contributed by atoms with Crippen molar-refractivity contribution in [3.8, 4) is 10.6 Å². The predicted molar refractivity (Wildman–Crippen MR) is 129 cm³/mol. The molecule has 0 bridgehead atoms. The Balaban J connectivity index is 1.19. The maximum Gasteiger partial charge on any atom is 0.226 e. The third-order valence-electron chi connectivity index (χ3n) is 6.17. The molecule has 1 amide bonds. The highest BCUT2D eigenvalue weighted by molar-refractivity contribution is 7.13. The van der Waals surface area contributed by atoms with E-state index in [1.807, 2.05) is 5.38 Å². The summed E-state index contributed by atoms with van der Waals surface area (Å²) in [6, 6.07) is 8.71. The highest BCUT2D eigenvalue weighted by atomic mass is 32.1. The van der Waals surface area contributed by atoms with Gasteiger partial charge in [0.1, 0.15) is 5.01 Å². The van der Waals surface area contributed by atoms with E-state index in [-0.39, 0.29) is 5.91 Å². The number of nitrogens with zero attached hydrogens (tertiary/aromatic N) is 4. The van der Waals surface area contributed by atoms with E-state index in [0.29, 0.717) is 13.0 Å². The van der Waals surface area contributed by atoms with Gasteiger partial charge in [-0.3, -0.25) is 14.6 Å². The molecule has 2 fully saturated rings. The van der Waals surface area contributed by atoms with Crippen LogP contribution in [-0.4, -0.2) is 98.2 Å². The smallest absolute Gasteiger partial charge is 0.226 e. The van der Waals surface area contributed by atoms with Crippen LogP contribution in [0.2, 0.25) is 0 Å². The Bertz CT molecular complexity index is 842. The minimum atomic E-state index is 0.0475. The zero-order chi connectivity index (χ0) is 22.2. The molecule has 1 N–H and O–H groups in total. The van der Waals surface area contributed by atoms with Gasteiger partial charge in [0.15, 0.2) is 0 Å². The number of nitrogens with one attached hydrogen (secondary N) is 1. The van der Waals surface area contributed by atoms with Gasteiger partial charge < -0.3 is 15.0 Å². The lowest BCUT2D eigenvalue weighted by Gasteiger charge is -2.32. The Hall–Kier alpha value is -1.84. The number of piperazine rings is 1. The van der Waals surface area contributed by atoms with Gasteiger partial charge in [-0.2, -0.15) is 0 Å². The molecule has 2 aliphatic heterocycles. The number of thiazole rings is 1. The molecule has 2 aromatic rings. The largest absolute Gasteiger partial charge is 0.379 e. The van der Waals surface area contributed by atoms with Crippen molar-refractivity contribution in [2.75, 3.05) is 72.6 Å². The standard InChI is InChI=1S/C24H35N5O2S/c1-27-9-11-29(12-10-27)18-20-3-5-21(6-4-20)24-26-22(19-32-24)17-23(30)25-7-2-8-28-13-15-31-16-14-28/h3-6,19H,2,7-18H2,1H3,(H,25,30). The number of ether oxygens (including phenoxy) is 1. The van der Waals surface area contributed by atoms with Gasteiger partial charge in [-0.05, 0) is 25.6 Å². The molecule has 7 nitrogen and oxygen atoms in total. The number of morpholine rings is 1. The normalized spacial score (nSPS) is 18.7. The van der Waals surface area contributed by atoms with Crippen molar-refractivity contribution in [2.24, 2.45) is 0 Å². The first kappa shape index (κ1) is 23.3. The van der Waals surface area contributed by atoms with Crippen LogP contribution in [0.4, 0.5) is 0 Å². The van der Waals surface area contributed by atoms with Gasteiger partial charge in [-0.15, -0.1) is 11.3 Å². The Morgan fingerprint density at radius 2 is 1.81 bits per heavy atom. The minimum Gasteiger partial charge on any atom is -0.379 e. The van der Waals surface area contributed by atoms with Crippen LogP contribution < -0.4 is 5.32 Å². The zero-order valence-electron chi connectivity index (χ0n) is 19.1. The minimum absolute atomic E-state index is 0.0475. The molecule has 0 aliphatic carbocycles. The van der Waals surface area contributed by atoms with Gasteiger partial charge in [-0.1, -0.05) is 24.3 Å². The lowest BCUT2D eigenvalue weighted by atomic mass is 10.1. The second-order valence-electron chi connectivity index (χ2n) is 8.75. The molecule has 1 aromatic heterocycles. The molecule has 174 valence electrons. The quantitative estimate of drug-likeness (QED) is 0.581. The first-order valence-electron chi connectivity index (χ1n) is 11.7. The maximum absolute atomic E-state index is 12.3. The van der Waals surface area contributed by atoms with Gasteiger partial charge in [0.25, 0.3) is 0 Å². The van der Waals surface area contributed by atoms with Crippen molar-refractivity contribution in [1.29, 1.82) is 0 Å². The Labute approximate surface area is 195 Å². The lowest BCUT2D eigenvalue weighted by molar-refractivity contribution is -0.120. The van der Waals surface area contributed by atoms with Gasteiger partial charge >= 0.3 is 0 Å². The molecule has 32 heavy (non-hydrogen) atoms. The number of amides is 1. The average Bonchev–Trinajstić information content (AvgIpc) is 3.28. The van der Waals surface area contributed by atoms with Crippen LogP contribution in [0.15, 0.2) is 29.6 Å². The number of aromatic nitrogens is 1. The van der Waals surface area contributed by atoms with Crippen molar-refractivity contribution in [2.45, 2.75) is 19.4 Å². The molecule has 2 saturated heterocycles. The van der Waals surface area contributed by atoms with Gasteiger partial charge in [0.05, 0.1) is 25.3 Å². The van der Waals surface area contributed by atoms with Crippen LogP contribution in [-0.2, 0) is 22.5 Å². The zero-order valence-corrected chi connectivity index (χ0v) is 19.9. The molecule has 0 atom stereocenters. The van der Waals surface area contributed by atoms with Gasteiger partial charge in [0, 0.05) is 63.3 Å². The van der Waals surface area contributed by atoms with Crippen molar-refractivity contribution in [1.82, 2.24) is 25.0 Å². The summed E-state index contributed by atoms with van der Waals surface area (Å²) in [6.45, 7) is 10.9. The number of carbonyl (C=O) groups is 1. The van der Waals surface area contributed by atoms with Crippen LogP contribution in [0.5, 0.6) is 0 Å². The van der Waals surface area contributed by atoms with E-state index < -0.39 is 0 Å². The summed E-state index contributed by atoms with van der Waals surface area (Å²) >= 11 is 1.61. The molecule has 3 heterocycles. The van der Waals surface area contributed by atoms with Crippen LogP contribution in [0.3, 0.4) is 0 Å². The van der Waals surface area contributed by atoms with Crippen molar-refractivity contribution in [3.63, 3.8) is 0 Å². The van der Waals surface area contributed by atoms with Gasteiger partial charge in [0.2, 0.25) is 5.91 Å². The fourth-order valence-electron chi connectivity index (χ4n) is 4.12. The molecular formula is C24H35N5O2S. The average molecular weight is 458 g/mol. The molecule has 1 aromatic carbocycles. The predicted octanol–water partition coefficient (Wildman–Crippen LogP) is 1.94. The SMILES string of the molecule is CN1CCN(Cc2ccc(-c3nc(CC(=O)NCCCN4CCOCC4)cs3)cc2)CC1. The van der Waals surface area contributed by atoms with Crippen molar-refractivity contribution >= 4 is 17.2 Å². The van der Waals surface area contributed by atoms with E-state index in [0.717, 1.165) is 88.3 Å². The Morgan fingerprint density at radius 1 is 1.06 bits per heavy atom. The fraction of sp³-hybridized carbons (Fsp3) is 0.583. The van der Waals surface area contributed by atoms with Crippen LogP contribution in [0, 0.1) is 0 Å². The van der Waals surface area contributed by atoms with Crippen LogP contribution in [0.25, 0.3) is 10.6 Å². The molecule has 0 radical (unpaired) electrons. The fourth-order valence-corrected chi connectivity index (χ4v) is 4.95. The summed E-state index contributed by atoms with van der Waals surface area (Å²) < 4.78 is 5.36. The maximum atomic E-state index is 12.3. The number of hydrogen-bond donors (Lipinski definition) is 1. The summed E-state index contributed by atoms with van der Waals surface area (Å²) in [5.41, 5.74) is 3.30. The molecule has 4 rings (SSSR count). The van der Waals surface area contributed by atoms with E-state index >= 15 is 0 Å². The topological polar surface area (TPSA) is 60.9 Å². The van der Waals surface area contributed by atoms with Crippen molar-refractivity contribution < 1.29 is 9.53 Å². The third kappa shape index (κ3) is 7.08. The number of rotatable bonds is 9. The summed E-state index contributed by atoms with van der Waals surface area (Å²) in [6.07, 6.45) is 1.31. The second-order valence-corrected chi connectivity index (χ2v) is 9.61. The first-order valence-corrected chi connectivity index (χ1v) is 12.5. The number of benzene rings is 1. The molecule has 0 unspecified atom stereocenters. The van der Waals surface area contributed by atoms with Crippen molar-refractivity contribution in [3.05, 3.63) is 40.9 Å². The summed E-state index contributed by atoms with van der Waals surface area (Å²) in [5.74, 6) is 0.0475. The number of likely N-dealkylation sites (N-methyl/N-ethyl adjacent to an activating group) is 1.